The van der Waals surface area contributed by atoms with Crippen LogP contribution in [0.1, 0.15) is 61.0 Å². The fourth-order valence-electron chi connectivity index (χ4n) is 6.62. The van der Waals surface area contributed by atoms with Crippen LogP contribution in [0.15, 0.2) is 127 Å². The summed E-state index contributed by atoms with van der Waals surface area (Å²) in [5.74, 6) is -1.82. The zero-order chi connectivity index (χ0) is 32.0. The molecule has 0 bridgehead atoms. The maximum absolute atomic E-state index is 14.5. The van der Waals surface area contributed by atoms with Gasteiger partial charge in [0.25, 0.3) is 0 Å². The van der Waals surface area contributed by atoms with Crippen LogP contribution in [0.2, 0.25) is 0 Å². The molecule has 1 aliphatic carbocycles. The highest BCUT2D eigenvalue weighted by Crippen LogP contribution is 2.41. The van der Waals surface area contributed by atoms with Gasteiger partial charge in [0.05, 0.1) is 23.6 Å². The van der Waals surface area contributed by atoms with E-state index in [-0.39, 0.29) is 35.4 Å². The van der Waals surface area contributed by atoms with E-state index >= 15 is 0 Å². The Morgan fingerprint density at radius 3 is 2.02 bits per heavy atom. The Labute approximate surface area is 268 Å². The summed E-state index contributed by atoms with van der Waals surface area (Å²) in [5, 5.41) is 18.9. The number of hydrogen-bond acceptors (Lipinski definition) is 3. The molecule has 0 heterocycles. The highest BCUT2D eigenvalue weighted by Gasteiger charge is 2.36. The third-order valence-electron chi connectivity index (χ3n) is 8.88. The summed E-state index contributed by atoms with van der Waals surface area (Å²) in [6.45, 7) is 0.337. The van der Waals surface area contributed by atoms with Crippen molar-refractivity contribution in [3.05, 3.63) is 166 Å². The molecule has 6 rings (SSSR count). The van der Waals surface area contributed by atoms with Crippen molar-refractivity contribution in [3.8, 4) is 11.1 Å². The van der Waals surface area contributed by atoms with E-state index in [1.165, 1.54) is 11.1 Å². The summed E-state index contributed by atoms with van der Waals surface area (Å²) >= 11 is 0. The first-order valence-electron chi connectivity index (χ1n) is 15.5. The molecule has 5 aromatic rings. The fraction of sp³-hybridized carbons (Fsp3) is 0.175. The summed E-state index contributed by atoms with van der Waals surface area (Å²) in [7, 11) is 0. The zero-order valence-electron chi connectivity index (χ0n) is 25.4. The first kappa shape index (κ1) is 30.5. The molecule has 0 aliphatic heterocycles. The third-order valence-corrected chi connectivity index (χ3v) is 8.88. The van der Waals surface area contributed by atoms with Crippen LogP contribution < -0.4 is 0 Å². The molecule has 1 aliphatic rings. The van der Waals surface area contributed by atoms with Gasteiger partial charge in [0.2, 0.25) is 5.91 Å². The van der Waals surface area contributed by atoms with Gasteiger partial charge in [0.15, 0.2) is 0 Å². The Kier molecular flexibility index (Phi) is 9.06. The molecule has 2 N–H and O–H groups in total. The van der Waals surface area contributed by atoms with Crippen LogP contribution in [0.4, 0.5) is 0 Å². The van der Waals surface area contributed by atoms with Gasteiger partial charge in [-0.25, -0.2) is 9.59 Å². The lowest BCUT2D eigenvalue weighted by atomic mass is 9.76. The maximum atomic E-state index is 14.5. The number of benzene rings is 5. The van der Waals surface area contributed by atoms with E-state index in [4.69, 9.17) is 0 Å². The molecule has 230 valence electrons. The van der Waals surface area contributed by atoms with E-state index in [0.29, 0.717) is 6.54 Å². The highest BCUT2D eigenvalue weighted by molar-refractivity contribution is 5.89. The van der Waals surface area contributed by atoms with Crippen LogP contribution in [0.5, 0.6) is 0 Å². The van der Waals surface area contributed by atoms with Crippen molar-refractivity contribution < 1.29 is 24.6 Å². The fourth-order valence-corrected chi connectivity index (χ4v) is 6.62. The van der Waals surface area contributed by atoms with Crippen molar-refractivity contribution in [1.82, 2.24) is 4.90 Å². The van der Waals surface area contributed by atoms with Crippen molar-refractivity contribution in [3.63, 3.8) is 0 Å². The topological polar surface area (TPSA) is 94.9 Å². The molecule has 6 heteroatoms. The van der Waals surface area contributed by atoms with E-state index in [1.54, 1.807) is 42.5 Å². The van der Waals surface area contributed by atoms with Crippen LogP contribution >= 0.6 is 0 Å². The normalized spacial score (nSPS) is 15.5. The second kappa shape index (κ2) is 13.7. The Bertz CT molecular complexity index is 1860. The molecule has 0 unspecified atom stereocenters. The van der Waals surface area contributed by atoms with Crippen molar-refractivity contribution >= 4 is 17.8 Å². The number of nitrogens with zero attached hydrogens (tertiary/aromatic N) is 1. The van der Waals surface area contributed by atoms with Gasteiger partial charge in [-0.3, -0.25) is 4.79 Å². The Morgan fingerprint density at radius 1 is 0.630 bits per heavy atom. The summed E-state index contributed by atoms with van der Waals surface area (Å²) in [5.41, 5.74) is 7.35. The van der Waals surface area contributed by atoms with Gasteiger partial charge in [0.1, 0.15) is 0 Å². The van der Waals surface area contributed by atoms with Crippen molar-refractivity contribution in [2.45, 2.75) is 38.3 Å². The van der Waals surface area contributed by atoms with Gasteiger partial charge in [-0.05, 0) is 88.4 Å². The average Bonchev–Trinajstić information content (AvgIpc) is 3.08. The van der Waals surface area contributed by atoms with Crippen LogP contribution in [0.25, 0.3) is 11.1 Å². The minimum absolute atomic E-state index is 0.0292. The molecule has 2 atom stereocenters. The van der Waals surface area contributed by atoms with Crippen molar-refractivity contribution in [2.24, 2.45) is 5.92 Å². The predicted molar refractivity (Wildman–Crippen MR) is 178 cm³/mol. The second-order valence-electron chi connectivity index (χ2n) is 11.9. The number of carbonyl (C=O) groups is 3. The maximum Gasteiger partial charge on any atom is 0.335 e. The van der Waals surface area contributed by atoms with E-state index in [9.17, 15) is 24.6 Å². The predicted octanol–water partition coefficient (Wildman–Crippen LogP) is 7.87. The smallest absolute Gasteiger partial charge is 0.335 e. The van der Waals surface area contributed by atoms with Crippen LogP contribution in [0, 0.1) is 5.92 Å². The van der Waals surface area contributed by atoms with E-state index in [1.807, 2.05) is 59.5 Å². The van der Waals surface area contributed by atoms with Gasteiger partial charge >= 0.3 is 11.9 Å². The minimum Gasteiger partial charge on any atom is -0.478 e. The first-order valence-corrected chi connectivity index (χ1v) is 15.5. The minimum atomic E-state index is -0.989. The standard InChI is InChI=1S/C40H35NO5/c42-37(24-29-10-6-12-32(23-29)33-13-7-14-35(25-33)40(45)46)41(26-28-16-18-31(19-17-28)39(43)44)38-34(22-27-8-2-1-3-9-27)21-20-30-11-4-5-15-36(30)38/h1-19,23,25,34,38H,20-22,24,26H2,(H,43,44)(H,45,46)/t34-,38-/m0/s1. The first-order chi connectivity index (χ1) is 22.4. The molecule has 1 amide bonds. The molecule has 0 saturated carbocycles. The molecule has 0 fully saturated rings. The van der Waals surface area contributed by atoms with Crippen molar-refractivity contribution in [1.29, 1.82) is 0 Å². The SMILES string of the molecule is O=C(O)c1ccc(CN(C(=O)Cc2cccc(-c3cccc(C(=O)O)c3)c2)[C@@H]2c3ccccc3CC[C@H]2Cc2ccccc2)cc1. The second-order valence-corrected chi connectivity index (χ2v) is 11.9. The number of hydrogen-bond donors (Lipinski definition) is 2. The van der Waals surface area contributed by atoms with Crippen molar-refractivity contribution in [2.75, 3.05) is 0 Å². The molecule has 0 radical (unpaired) electrons. The van der Waals surface area contributed by atoms with Gasteiger partial charge in [-0.1, -0.05) is 103 Å². The van der Waals surface area contributed by atoms with Gasteiger partial charge in [-0.2, -0.15) is 0 Å². The Balaban J connectivity index is 1.37. The van der Waals surface area contributed by atoms with E-state index in [2.05, 4.69) is 30.3 Å². The molecule has 0 saturated heterocycles. The molecule has 5 aromatic carbocycles. The van der Waals surface area contributed by atoms with E-state index in [0.717, 1.165) is 47.1 Å². The number of fused-ring (bicyclic) bond motifs is 1. The molecular weight excluding hydrogens is 574 g/mol. The molecule has 0 spiro atoms. The lowest BCUT2D eigenvalue weighted by Crippen LogP contribution is -2.41. The summed E-state index contributed by atoms with van der Waals surface area (Å²) in [6, 6.07) is 39.9. The van der Waals surface area contributed by atoms with Crippen LogP contribution in [0.3, 0.4) is 0 Å². The summed E-state index contributed by atoms with van der Waals surface area (Å²) in [4.78, 5) is 39.6. The lowest BCUT2D eigenvalue weighted by Gasteiger charge is -2.42. The summed E-state index contributed by atoms with van der Waals surface area (Å²) in [6.07, 6.45) is 2.87. The Morgan fingerprint density at radius 2 is 1.28 bits per heavy atom. The zero-order valence-corrected chi connectivity index (χ0v) is 25.4. The largest absolute Gasteiger partial charge is 0.478 e. The number of carboxylic acids is 2. The van der Waals surface area contributed by atoms with Gasteiger partial charge in [-0.15, -0.1) is 0 Å². The van der Waals surface area contributed by atoms with Gasteiger partial charge < -0.3 is 15.1 Å². The average molecular weight is 610 g/mol. The number of aryl methyl sites for hydroxylation is 1. The van der Waals surface area contributed by atoms with Crippen LogP contribution in [-0.2, 0) is 30.6 Å². The lowest BCUT2D eigenvalue weighted by molar-refractivity contribution is -0.135. The number of rotatable bonds is 10. The summed E-state index contributed by atoms with van der Waals surface area (Å²) < 4.78 is 0. The number of carbonyl (C=O) groups excluding carboxylic acids is 1. The number of aromatic carboxylic acids is 2. The number of amides is 1. The quantitative estimate of drug-likeness (QED) is 0.168. The Hall–Kier alpha value is -5.49. The molecule has 46 heavy (non-hydrogen) atoms. The molecule has 6 nitrogen and oxygen atoms in total. The molecule has 0 aromatic heterocycles. The monoisotopic (exact) mass is 609 g/mol. The number of carboxylic acid groups (broad SMARTS) is 2. The van der Waals surface area contributed by atoms with E-state index < -0.39 is 11.9 Å². The highest BCUT2D eigenvalue weighted by atomic mass is 16.4. The van der Waals surface area contributed by atoms with Gasteiger partial charge in [0, 0.05) is 6.54 Å². The molecular formula is C40H35NO5. The third kappa shape index (κ3) is 6.92. The van der Waals surface area contributed by atoms with Crippen LogP contribution in [-0.4, -0.2) is 33.0 Å².